The van der Waals surface area contributed by atoms with E-state index in [1.165, 1.54) is 25.3 Å². The molecule has 0 N–H and O–H groups in total. The Labute approximate surface area is 161 Å². The predicted octanol–water partition coefficient (Wildman–Crippen LogP) is 2.84. The van der Waals surface area contributed by atoms with Gasteiger partial charge in [0.25, 0.3) is 5.69 Å². The predicted molar refractivity (Wildman–Crippen MR) is 102 cm³/mol. The molecule has 0 amide bonds. The lowest BCUT2D eigenvalue weighted by Gasteiger charge is -2.32. The van der Waals surface area contributed by atoms with Gasteiger partial charge in [-0.05, 0) is 25.1 Å². The highest BCUT2D eigenvalue weighted by Crippen LogP contribution is 2.31. The van der Waals surface area contributed by atoms with Crippen molar-refractivity contribution in [2.45, 2.75) is 13.0 Å². The van der Waals surface area contributed by atoms with E-state index < -0.39 is 16.7 Å². The maximum absolute atomic E-state index is 12.9. The number of ether oxygens (including phenoxy) is 2. The minimum Gasteiger partial charge on any atom is -0.465 e. The van der Waals surface area contributed by atoms with E-state index in [0.29, 0.717) is 25.4 Å². The van der Waals surface area contributed by atoms with Crippen molar-refractivity contribution in [3.63, 3.8) is 0 Å². The summed E-state index contributed by atoms with van der Waals surface area (Å²) in [5, 5.41) is 11.6. The highest BCUT2D eigenvalue weighted by Gasteiger charge is 2.26. The molecule has 1 atom stereocenters. The van der Waals surface area contributed by atoms with Crippen LogP contribution in [-0.2, 0) is 9.47 Å². The summed E-state index contributed by atoms with van der Waals surface area (Å²) in [4.78, 5) is 37.9. The molecule has 1 aliphatic heterocycles. The summed E-state index contributed by atoms with van der Waals surface area (Å²) in [6.45, 7) is 3.44. The summed E-state index contributed by atoms with van der Waals surface area (Å²) in [7, 11) is 1.23. The number of ketones is 1. The Morgan fingerprint density at radius 3 is 2.57 bits per heavy atom. The number of carbonyl (C=O) groups excluding carboxylic acids is 2. The molecular weight excluding hydrogens is 364 g/mol. The number of carbonyl (C=O) groups is 2. The van der Waals surface area contributed by atoms with Crippen molar-refractivity contribution in [2.24, 2.45) is 0 Å². The van der Waals surface area contributed by atoms with Gasteiger partial charge in [-0.3, -0.25) is 14.9 Å². The van der Waals surface area contributed by atoms with E-state index >= 15 is 0 Å². The van der Waals surface area contributed by atoms with Gasteiger partial charge in [0, 0.05) is 30.3 Å². The summed E-state index contributed by atoms with van der Waals surface area (Å²) >= 11 is 0. The Morgan fingerprint density at radius 2 is 1.93 bits per heavy atom. The van der Waals surface area contributed by atoms with E-state index in [9.17, 15) is 19.7 Å². The van der Waals surface area contributed by atoms with Crippen molar-refractivity contribution < 1.29 is 24.0 Å². The fraction of sp³-hybridized carbons (Fsp3) is 0.300. The standard InChI is InChI=1S/C20H20N2O6/c1-13-12-21(9-10-28-13)17-8-7-14(11-18(17)22(25)26)19(23)15-5-3-4-6-16(15)20(24)27-2/h3-8,11,13H,9-10,12H2,1-2H3/t13-/m0/s1. The fourth-order valence-electron chi connectivity index (χ4n) is 3.24. The van der Waals surface area contributed by atoms with Crippen LogP contribution in [0.5, 0.6) is 0 Å². The van der Waals surface area contributed by atoms with Crippen LogP contribution in [0.3, 0.4) is 0 Å². The highest BCUT2D eigenvalue weighted by atomic mass is 16.6. The molecule has 1 saturated heterocycles. The van der Waals surface area contributed by atoms with E-state index in [-0.39, 0.29) is 28.5 Å². The number of nitrogens with zero attached hydrogens (tertiary/aromatic N) is 2. The van der Waals surface area contributed by atoms with E-state index in [1.807, 2.05) is 11.8 Å². The summed E-state index contributed by atoms with van der Waals surface area (Å²) in [6, 6.07) is 10.6. The molecular formula is C20H20N2O6. The number of benzene rings is 2. The second-order valence-corrected chi connectivity index (χ2v) is 6.45. The van der Waals surface area contributed by atoms with Gasteiger partial charge in [-0.2, -0.15) is 0 Å². The Bertz CT molecular complexity index is 927. The molecule has 0 bridgehead atoms. The number of morpholine rings is 1. The zero-order valence-corrected chi connectivity index (χ0v) is 15.6. The first-order valence-electron chi connectivity index (χ1n) is 8.79. The molecule has 0 saturated carbocycles. The molecule has 146 valence electrons. The lowest BCUT2D eigenvalue weighted by molar-refractivity contribution is -0.384. The zero-order chi connectivity index (χ0) is 20.3. The van der Waals surface area contributed by atoms with Crippen LogP contribution in [0.1, 0.15) is 33.2 Å². The third kappa shape index (κ3) is 3.86. The average Bonchev–Trinajstić information content (AvgIpc) is 2.72. The van der Waals surface area contributed by atoms with Crippen molar-refractivity contribution >= 4 is 23.1 Å². The van der Waals surface area contributed by atoms with Gasteiger partial charge in [0.1, 0.15) is 5.69 Å². The number of hydrogen-bond donors (Lipinski definition) is 0. The first-order chi connectivity index (χ1) is 13.4. The summed E-state index contributed by atoms with van der Waals surface area (Å²) in [5.74, 6) is -1.12. The van der Waals surface area contributed by atoms with Crippen LogP contribution in [0, 0.1) is 10.1 Å². The molecule has 1 aliphatic rings. The molecule has 8 nitrogen and oxygen atoms in total. The zero-order valence-electron chi connectivity index (χ0n) is 15.6. The second kappa shape index (κ2) is 8.18. The van der Waals surface area contributed by atoms with Crippen molar-refractivity contribution in [3.05, 3.63) is 69.3 Å². The lowest BCUT2D eigenvalue weighted by Crippen LogP contribution is -2.41. The number of hydrogen-bond acceptors (Lipinski definition) is 7. The molecule has 2 aromatic rings. The van der Waals surface area contributed by atoms with Crippen LogP contribution in [0.2, 0.25) is 0 Å². The Morgan fingerprint density at radius 1 is 1.21 bits per heavy atom. The number of nitro benzene ring substituents is 1. The maximum Gasteiger partial charge on any atom is 0.338 e. The van der Waals surface area contributed by atoms with Gasteiger partial charge >= 0.3 is 5.97 Å². The van der Waals surface area contributed by atoms with Crippen LogP contribution in [-0.4, -0.2) is 49.6 Å². The highest BCUT2D eigenvalue weighted by molar-refractivity contribution is 6.14. The average molecular weight is 384 g/mol. The van der Waals surface area contributed by atoms with E-state index in [1.54, 1.807) is 24.3 Å². The van der Waals surface area contributed by atoms with Gasteiger partial charge in [-0.1, -0.05) is 18.2 Å². The Kier molecular flexibility index (Phi) is 5.70. The summed E-state index contributed by atoms with van der Waals surface area (Å²) < 4.78 is 10.2. The topological polar surface area (TPSA) is 99.0 Å². The summed E-state index contributed by atoms with van der Waals surface area (Å²) in [6.07, 6.45) is -0.0402. The number of rotatable bonds is 5. The smallest absolute Gasteiger partial charge is 0.338 e. The monoisotopic (exact) mass is 384 g/mol. The Hall–Kier alpha value is -3.26. The van der Waals surface area contributed by atoms with Gasteiger partial charge in [0.05, 0.1) is 30.3 Å². The van der Waals surface area contributed by atoms with Gasteiger partial charge in [-0.25, -0.2) is 4.79 Å². The van der Waals surface area contributed by atoms with E-state index in [0.717, 1.165) is 0 Å². The van der Waals surface area contributed by atoms with Crippen molar-refractivity contribution in [2.75, 3.05) is 31.7 Å². The van der Waals surface area contributed by atoms with E-state index in [4.69, 9.17) is 9.47 Å². The number of esters is 1. The van der Waals surface area contributed by atoms with Crippen molar-refractivity contribution in [1.29, 1.82) is 0 Å². The molecule has 8 heteroatoms. The molecule has 28 heavy (non-hydrogen) atoms. The fourth-order valence-corrected chi connectivity index (χ4v) is 3.24. The van der Waals surface area contributed by atoms with Gasteiger partial charge < -0.3 is 14.4 Å². The minimum absolute atomic E-state index is 0.0402. The SMILES string of the molecule is COC(=O)c1ccccc1C(=O)c1ccc(N2CCO[C@@H](C)C2)c([N+](=O)[O-])c1. The third-order valence-corrected chi connectivity index (χ3v) is 4.59. The van der Waals surface area contributed by atoms with Crippen LogP contribution in [0.4, 0.5) is 11.4 Å². The molecule has 1 heterocycles. The van der Waals surface area contributed by atoms with Crippen LogP contribution in [0.15, 0.2) is 42.5 Å². The normalized spacial score (nSPS) is 16.5. The molecule has 3 rings (SSSR count). The molecule has 2 aromatic carbocycles. The molecule has 1 fully saturated rings. The second-order valence-electron chi connectivity index (χ2n) is 6.45. The number of anilines is 1. The van der Waals surface area contributed by atoms with E-state index in [2.05, 4.69) is 0 Å². The first kappa shape index (κ1) is 19.5. The molecule has 0 radical (unpaired) electrons. The Balaban J connectivity index is 2.00. The number of nitro groups is 1. The largest absolute Gasteiger partial charge is 0.465 e. The molecule has 0 unspecified atom stereocenters. The molecule has 0 spiro atoms. The molecule has 0 aromatic heterocycles. The van der Waals surface area contributed by atoms with Crippen LogP contribution >= 0.6 is 0 Å². The van der Waals surface area contributed by atoms with Gasteiger partial charge in [0.2, 0.25) is 0 Å². The third-order valence-electron chi connectivity index (χ3n) is 4.59. The van der Waals surface area contributed by atoms with Gasteiger partial charge in [0.15, 0.2) is 5.78 Å². The number of methoxy groups -OCH3 is 1. The van der Waals surface area contributed by atoms with Crippen LogP contribution < -0.4 is 4.90 Å². The summed E-state index contributed by atoms with van der Waals surface area (Å²) in [5.41, 5.74) is 0.668. The first-order valence-corrected chi connectivity index (χ1v) is 8.79. The van der Waals surface area contributed by atoms with Crippen molar-refractivity contribution in [1.82, 2.24) is 0 Å². The maximum atomic E-state index is 12.9. The van der Waals surface area contributed by atoms with Gasteiger partial charge in [-0.15, -0.1) is 0 Å². The minimum atomic E-state index is -0.641. The quantitative estimate of drug-likeness (QED) is 0.338. The molecule has 0 aliphatic carbocycles. The lowest BCUT2D eigenvalue weighted by atomic mass is 9.97. The van der Waals surface area contributed by atoms with Crippen LogP contribution in [0.25, 0.3) is 0 Å². The van der Waals surface area contributed by atoms with Crippen molar-refractivity contribution in [3.8, 4) is 0 Å².